The van der Waals surface area contributed by atoms with Gasteiger partial charge in [-0.2, -0.15) is 0 Å². The first-order valence-corrected chi connectivity index (χ1v) is 7.40. The number of nitrogens with zero attached hydrogens (tertiary/aromatic N) is 2. The second kappa shape index (κ2) is 8.22. The number of halogens is 1. The number of rotatable bonds is 8. The van der Waals surface area contributed by atoms with E-state index in [2.05, 4.69) is 43.1 Å². The molecule has 3 nitrogen and oxygen atoms in total. The van der Waals surface area contributed by atoms with E-state index < -0.39 is 0 Å². The maximum Gasteiger partial charge on any atom is 0.129 e. The second-order valence-electron chi connectivity index (χ2n) is 5.42. The van der Waals surface area contributed by atoms with Gasteiger partial charge in [0.2, 0.25) is 0 Å². The van der Waals surface area contributed by atoms with E-state index in [1.54, 1.807) is 12.1 Å². The molecule has 0 radical (unpaired) electrons. The fourth-order valence-electron chi connectivity index (χ4n) is 2.59. The van der Waals surface area contributed by atoms with Crippen LogP contribution in [-0.4, -0.2) is 44.7 Å². The highest BCUT2D eigenvalue weighted by atomic mass is 19.1. The molecule has 1 unspecified atom stereocenters. The molecule has 114 valence electrons. The number of benzene rings is 1. The number of likely N-dealkylation sites (N-methyl/N-ethyl adjacent to an activating group) is 2. The largest absolute Gasteiger partial charge is 0.367 e. The van der Waals surface area contributed by atoms with Crippen molar-refractivity contribution in [2.45, 2.75) is 33.4 Å². The summed E-state index contributed by atoms with van der Waals surface area (Å²) in [4.78, 5) is 4.44. The van der Waals surface area contributed by atoms with Gasteiger partial charge >= 0.3 is 0 Å². The summed E-state index contributed by atoms with van der Waals surface area (Å²) in [7, 11) is 4.13. The van der Waals surface area contributed by atoms with Crippen molar-refractivity contribution in [2.24, 2.45) is 0 Å². The predicted octanol–water partition coefficient (Wildman–Crippen LogP) is 2.71. The molecule has 0 spiro atoms. The van der Waals surface area contributed by atoms with Gasteiger partial charge in [-0.15, -0.1) is 0 Å². The molecule has 0 aliphatic rings. The van der Waals surface area contributed by atoms with Crippen LogP contribution < -0.4 is 10.2 Å². The predicted molar refractivity (Wildman–Crippen MR) is 84.8 cm³/mol. The molecule has 4 heteroatoms. The first kappa shape index (κ1) is 16.9. The summed E-state index contributed by atoms with van der Waals surface area (Å²) in [6, 6.07) is 5.70. The van der Waals surface area contributed by atoms with Gasteiger partial charge in [0.1, 0.15) is 5.82 Å². The summed E-state index contributed by atoms with van der Waals surface area (Å²) in [5.41, 5.74) is 1.77. The molecule has 0 bridgehead atoms. The Morgan fingerprint density at radius 3 is 2.50 bits per heavy atom. The lowest BCUT2D eigenvalue weighted by Gasteiger charge is -2.33. The molecule has 1 rings (SSSR count). The van der Waals surface area contributed by atoms with E-state index in [0.29, 0.717) is 12.6 Å². The highest BCUT2D eigenvalue weighted by molar-refractivity contribution is 5.55. The van der Waals surface area contributed by atoms with E-state index in [0.717, 1.165) is 30.9 Å². The van der Waals surface area contributed by atoms with Gasteiger partial charge in [-0.3, -0.25) is 0 Å². The lowest BCUT2D eigenvalue weighted by Crippen LogP contribution is -2.40. The first-order chi connectivity index (χ1) is 9.51. The molecule has 0 amide bonds. The van der Waals surface area contributed by atoms with Crippen molar-refractivity contribution < 1.29 is 4.39 Å². The molecule has 1 atom stereocenters. The van der Waals surface area contributed by atoms with Gasteiger partial charge < -0.3 is 15.1 Å². The molecule has 0 fully saturated rings. The van der Waals surface area contributed by atoms with Gasteiger partial charge in [0, 0.05) is 36.9 Å². The lowest BCUT2D eigenvalue weighted by atomic mass is 10.1. The van der Waals surface area contributed by atoms with Gasteiger partial charge in [0.05, 0.1) is 0 Å². The third kappa shape index (κ3) is 4.46. The van der Waals surface area contributed by atoms with Crippen LogP contribution in [0.3, 0.4) is 0 Å². The summed E-state index contributed by atoms with van der Waals surface area (Å²) < 4.78 is 14.1. The zero-order valence-electron chi connectivity index (χ0n) is 13.4. The van der Waals surface area contributed by atoms with E-state index in [1.807, 2.05) is 13.0 Å². The highest BCUT2D eigenvalue weighted by Crippen LogP contribution is 2.25. The normalized spacial score (nSPS) is 12.8. The number of nitrogens with one attached hydrogen (secondary N) is 1. The van der Waals surface area contributed by atoms with E-state index in [9.17, 15) is 4.39 Å². The van der Waals surface area contributed by atoms with Crippen molar-refractivity contribution in [1.29, 1.82) is 0 Å². The Balaban J connectivity index is 3.04. The molecule has 0 aliphatic heterocycles. The zero-order valence-corrected chi connectivity index (χ0v) is 13.4. The SMILES string of the molecule is CCNCc1c(F)cccc1N(CC)C(C)CN(C)C. The van der Waals surface area contributed by atoms with Crippen LogP contribution in [0.4, 0.5) is 10.1 Å². The van der Waals surface area contributed by atoms with Gasteiger partial charge in [-0.25, -0.2) is 4.39 Å². The van der Waals surface area contributed by atoms with Crippen LogP contribution in [0.5, 0.6) is 0 Å². The zero-order chi connectivity index (χ0) is 15.1. The Morgan fingerprint density at radius 2 is 1.95 bits per heavy atom. The van der Waals surface area contributed by atoms with Crippen molar-refractivity contribution in [3.8, 4) is 0 Å². The molecule has 20 heavy (non-hydrogen) atoms. The summed E-state index contributed by atoms with van der Waals surface area (Å²) in [6.07, 6.45) is 0. The topological polar surface area (TPSA) is 18.5 Å². The van der Waals surface area contributed by atoms with E-state index >= 15 is 0 Å². The molecule has 0 saturated heterocycles. The van der Waals surface area contributed by atoms with E-state index in [-0.39, 0.29) is 5.82 Å². The quantitative estimate of drug-likeness (QED) is 0.790. The maximum atomic E-state index is 14.1. The van der Waals surface area contributed by atoms with Gasteiger partial charge in [0.15, 0.2) is 0 Å². The lowest BCUT2D eigenvalue weighted by molar-refractivity contribution is 0.372. The minimum atomic E-state index is -0.126. The van der Waals surface area contributed by atoms with Crippen LogP contribution in [0, 0.1) is 5.82 Å². The Hall–Kier alpha value is -1.13. The molecule has 1 N–H and O–H groups in total. The van der Waals surface area contributed by atoms with Gasteiger partial charge in [-0.1, -0.05) is 13.0 Å². The van der Waals surface area contributed by atoms with Crippen molar-refractivity contribution in [1.82, 2.24) is 10.2 Å². The third-order valence-electron chi connectivity index (χ3n) is 3.46. The summed E-state index contributed by atoms with van der Waals surface area (Å²) in [6.45, 7) is 9.58. The Bertz CT molecular complexity index is 407. The first-order valence-electron chi connectivity index (χ1n) is 7.40. The standard InChI is InChI=1S/C16H28FN3/c1-6-18-11-14-15(17)9-8-10-16(14)20(7-2)13(3)12-19(4)5/h8-10,13,18H,6-7,11-12H2,1-5H3. The molecular formula is C16H28FN3. The maximum absolute atomic E-state index is 14.1. The monoisotopic (exact) mass is 281 g/mol. The van der Waals surface area contributed by atoms with Crippen LogP contribution in [-0.2, 0) is 6.54 Å². The molecule has 0 heterocycles. The molecular weight excluding hydrogens is 253 g/mol. The molecule has 1 aromatic carbocycles. The van der Waals surface area contributed by atoms with Crippen LogP contribution >= 0.6 is 0 Å². The smallest absolute Gasteiger partial charge is 0.129 e. The molecule has 1 aromatic rings. The number of hydrogen-bond acceptors (Lipinski definition) is 3. The van der Waals surface area contributed by atoms with Gasteiger partial charge in [0.25, 0.3) is 0 Å². The second-order valence-corrected chi connectivity index (χ2v) is 5.42. The van der Waals surface area contributed by atoms with Crippen LogP contribution in [0.15, 0.2) is 18.2 Å². The van der Waals surface area contributed by atoms with Crippen molar-refractivity contribution in [2.75, 3.05) is 38.6 Å². The van der Waals surface area contributed by atoms with E-state index in [4.69, 9.17) is 0 Å². The van der Waals surface area contributed by atoms with Crippen molar-refractivity contribution >= 4 is 5.69 Å². The van der Waals surface area contributed by atoms with Gasteiger partial charge in [-0.05, 0) is 46.6 Å². The van der Waals surface area contributed by atoms with Crippen LogP contribution in [0.25, 0.3) is 0 Å². The highest BCUT2D eigenvalue weighted by Gasteiger charge is 2.18. The summed E-state index contributed by atoms with van der Waals surface area (Å²) in [5.74, 6) is -0.126. The molecule has 0 aromatic heterocycles. The number of hydrogen-bond donors (Lipinski definition) is 1. The number of anilines is 1. The van der Waals surface area contributed by atoms with Crippen molar-refractivity contribution in [3.05, 3.63) is 29.6 Å². The Labute approximate surface area is 122 Å². The molecule has 0 saturated carbocycles. The third-order valence-corrected chi connectivity index (χ3v) is 3.46. The van der Waals surface area contributed by atoms with E-state index in [1.165, 1.54) is 0 Å². The summed E-state index contributed by atoms with van der Waals surface area (Å²) in [5, 5.41) is 3.23. The average Bonchev–Trinajstić information content (AvgIpc) is 2.38. The molecule has 0 aliphatic carbocycles. The minimum absolute atomic E-state index is 0.126. The summed E-state index contributed by atoms with van der Waals surface area (Å²) >= 11 is 0. The Morgan fingerprint density at radius 1 is 1.25 bits per heavy atom. The fourth-order valence-corrected chi connectivity index (χ4v) is 2.59. The van der Waals surface area contributed by atoms with Crippen LogP contribution in [0.2, 0.25) is 0 Å². The van der Waals surface area contributed by atoms with Crippen molar-refractivity contribution in [3.63, 3.8) is 0 Å². The van der Waals surface area contributed by atoms with Crippen LogP contribution in [0.1, 0.15) is 26.3 Å². The average molecular weight is 281 g/mol. The minimum Gasteiger partial charge on any atom is -0.367 e. The fraction of sp³-hybridized carbons (Fsp3) is 0.625. The Kier molecular flexibility index (Phi) is 6.96.